The Labute approximate surface area is 134 Å². The Balaban J connectivity index is 2.26. The van der Waals surface area contributed by atoms with E-state index in [1.54, 1.807) is 13.2 Å². The molecule has 0 saturated heterocycles. The van der Waals surface area contributed by atoms with E-state index in [2.05, 4.69) is 15.5 Å². The molecule has 0 saturated carbocycles. The molecule has 1 aromatic carbocycles. The zero-order chi connectivity index (χ0) is 15.2. The summed E-state index contributed by atoms with van der Waals surface area (Å²) in [6.07, 6.45) is 0.646. The lowest BCUT2D eigenvalue weighted by atomic mass is 10.0. The number of nitrogens with one attached hydrogen (secondary N) is 1. The van der Waals surface area contributed by atoms with E-state index < -0.39 is 0 Å². The fourth-order valence-corrected chi connectivity index (χ4v) is 2.64. The zero-order valence-electron chi connectivity index (χ0n) is 11.9. The molecule has 6 heteroatoms. The Bertz CT molecular complexity index is 570. The third-order valence-electron chi connectivity index (χ3n) is 3.15. The Kier molecular flexibility index (Phi) is 5.79. The van der Waals surface area contributed by atoms with Gasteiger partial charge < -0.3 is 10.1 Å². The van der Waals surface area contributed by atoms with Crippen molar-refractivity contribution in [3.63, 3.8) is 0 Å². The van der Waals surface area contributed by atoms with Crippen LogP contribution < -0.4 is 10.1 Å². The van der Waals surface area contributed by atoms with Crippen LogP contribution in [0, 0.1) is 0 Å². The van der Waals surface area contributed by atoms with Crippen molar-refractivity contribution < 1.29 is 4.74 Å². The minimum absolute atomic E-state index is 0.00851. The van der Waals surface area contributed by atoms with E-state index in [1.165, 1.54) is 0 Å². The number of aromatic nitrogens is 2. The van der Waals surface area contributed by atoms with Gasteiger partial charge in [-0.1, -0.05) is 36.2 Å². The van der Waals surface area contributed by atoms with Crippen LogP contribution in [0.1, 0.15) is 24.2 Å². The molecule has 0 spiro atoms. The number of hydrogen-bond acceptors (Lipinski definition) is 4. The molecule has 1 atom stereocenters. The topological polar surface area (TPSA) is 47.0 Å². The Morgan fingerprint density at radius 3 is 2.38 bits per heavy atom. The van der Waals surface area contributed by atoms with E-state index in [4.69, 9.17) is 27.9 Å². The van der Waals surface area contributed by atoms with Crippen molar-refractivity contribution >= 4 is 23.2 Å². The number of halogens is 2. The van der Waals surface area contributed by atoms with E-state index in [-0.39, 0.29) is 6.04 Å². The van der Waals surface area contributed by atoms with Gasteiger partial charge in [0.2, 0.25) is 5.88 Å². The van der Waals surface area contributed by atoms with Crippen molar-refractivity contribution in [3.05, 3.63) is 51.6 Å². The Hall–Kier alpha value is -1.36. The maximum absolute atomic E-state index is 6.24. The molecule has 1 N–H and O–H groups in total. The molecule has 1 unspecified atom stereocenters. The molecule has 112 valence electrons. The van der Waals surface area contributed by atoms with E-state index in [0.29, 0.717) is 22.3 Å². The first-order chi connectivity index (χ1) is 10.2. The van der Waals surface area contributed by atoms with Crippen molar-refractivity contribution in [2.75, 3.05) is 13.7 Å². The zero-order valence-corrected chi connectivity index (χ0v) is 13.4. The van der Waals surface area contributed by atoms with Crippen molar-refractivity contribution in [3.8, 4) is 5.88 Å². The third-order valence-corrected chi connectivity index (χ3v) is 3.86. The van der Waals surface area contributed by atoms with Crippen molar-refractivity contribution in [2.24, 2.45) is 0 Å². The van der Waals surface area contributed by atoms with E-state index in [1.807, 2.05) is 31.2 Å². The molecule has 2 aromatic rings. The first kappa shape index (κ1) is 16.0. The van der Waals surface area contributed by atoms with E-state index in [0.717, 1.165) is 17.8 Å². The summed E-state index contributed by atoms with van der Waals surface area (Å²) in [4.78, 5) is 0. The molecule has 0 aliphatic heterocycles. The largest absolute Gasteiger partial charge is 0.480 e. The van der Waals surface area contributed by atoms with E-state index >= 15 is 0 Å². The molecule has 21 heavy (non-hydrogen) atoms. The van der Waals surface area contributed by atoms with Gasteiger partial charge in [0.1, 0.15) is 0 Å². The van der Waals surface area contributed by atoms with Crippen LogP contribution in [0.5, 0.6) is 5.88 Å². The van der Waals surface area contributed by atoms with Gasteiger partial charge in [-0.05, 0) is 36.7 Å². The number of ether oxygens (including phenoxy) is 1. The van der Waals surface area contributed by atoms with Crippen LogP contribution in [0.15, 0.2) is 30.3 Å². The summed E-state index contributed by atoms with van der Waals surface area (Å²) in [6, 6.07) is 9.19. The highest BCUT2D eigenvalue weighted by Gasteiger charge is 2.17. The van der Waals surface area contributed by atoms with Gasteiger partial charge in [0.05, 0.1) is 18.8 Å². The molecule has 0 aliphatic carbocycles. The quantitative estimate of drug-likeness (QED) is 0.879. The van der Waals surface area contributed by atoms with Crippen LogP contribution in [0.25, 0.3) is 0 Å². The van der Waals surface area contributed by atoms with Crippen LogP contribution in [0.4, 0.5) is 0 Å². The summed E-state index contributed by atoms with van der Waals surface area (Å²) in [5, 5.41) is 12.9. The van der Waals surface area contributed by atoms with Gasteiger partial charge in [-0.3, -0.25) is 0 Å². The lowest BCUT2D eigenvalue weighted by Crippen LogP contribution is -2.24. The summed E-state index contributed by atoms with van der Waals surface area (Å²) in [7, 11) is 1.56. The predicted molar refractivity (Wildman–Crippen MR) is 85.2 cm³/mol. The number of nitrogens with zero attached hydrogens (tertiary/aromatic N) is 2. The van der Waals surface area contributed by atoms with Crippen LogP contribution in [-0.4, -0.2) is 23.9 Å². The maximum atomic E-state index is 6.24. The second kappa shape index (κ2) is 7.59. The SMILES string of the molecule is CCNC(Cc1c(Cl)cccc1Cl)c1ccc(OC)nn1. The van der Waals surface area contributed by atoms with Crippen LogP contribution in [0.2, 0.25) is 10.0 Å². The fourth-order valence-electron chi connectivity index (χ4n) is 2.08. The van der Waals surface area contributed by atoms with Gasteiger partial charge >= 0.3 is 0 Å². The molecule has 0 fully saturated rings. The van der Waals surface area contributed by atoms with Gasteiger partial charge in [-0.15, -0.1) is 5.10 Å². The van der Waals surface area contributed by atoms with Gasteiger partial charge in [-0.2, -0.15) is 5.10 Å². The molecule has 2 rings (SSSR count). The first-order valence-electron chi connectivity index (χ1n) is 6.69. The van der Waals surface area contributed by atoms with Crippen LogP contribution in [-0.2, 0) is 6.42 Å². The van der Waals surface area contributed by atoms with Gasteiger partial charge in [0, 0.05) is 16.1 Å². The number of benzene rings is 1. The fraction of sp³-hybridized carbons (Fsp3) is 0.333. The molecule has 0 bridgehead atoms. The summed E-state index contributed by atoms with van der Waals surface area (Å²) >= 11 is 12.5. The average molecular weight is 326 g/mol. The molecule has 1 aromatic heterocycles. The molecule has 4 nitrogen and oxygen atoms in total. The first-order valence-corrected chi connectivity index (χ1v) is 7.45. The highest BCUT2D eigenvalue weighted by Crippen LogP contribution is 2.29. The lowest BCUT2D eigenvalue weighted by molar-refractivity contribution is 0.389. The van der Waals surface area contributed by atoms with Crippen LogP contribution >= 0.6 is 23.2 Å². The monoisotopic (exact) mass is 325 g/mol. The summed E-state index contributed by atoms with van der Waals surface area (Å²) in [6.45, 7) is 2.85. The standard InChI is InChI=1S/C15H17Cl2N3O/c1-3-18-14(13-7-8-15(21-2)20-19-13)9-10-11(16)5-4-6-12(10)17/h4-8,14,18H,3,9H2,1-2H3. The van der Waals surface area contributed by atoms with Gasteiger partial charge in [0.25, 0.3) is 0 Å². The van der Waals surface area contributed by atoms with Gasteiger partial charge in [0.15, 0.2) is 0 Å². The number of likely N-dealkylation sites (N-methyl/N-ethyl adjacent to an activating group) is 1. The summed E-state index contributed by atoms with van der Waals surface area (Å²) < 4.78 is 5.03. The minimum atomic E-state index is -0.00851. The van der Waals surface area contributed by atoms with Crippen molar-refractivity contribution in [2.45, 2.75) is 19.4 Å². The van der Waals surface area contributed by atoms with Crippen molar-refractivity contribution in [1.82, 2.24) is 15.5 Å². The predicted octanol–water partition coefficient (Wildman–Crippen LogP) is 3.69. The Morgan fingerprint density at radius 2 is 1.86 bits per heavy atom. The number of hydrogen-bond donors (Lipinski definition) is 1. The molecule has 0 amide bonds. The normalized spacial score (nSPS) is 12.2. The maximum Gasteiger partial charge on any atom is 0.233 e. The molecule has 0 aliphatic rings. The van der Waals surface area contributed by atoms with Gasteiger partial charge in [-0.25, -0.2) is 0 Å². The van der Waals surface area contributed by atoms with Crippen molar-refractivity contribution in [1.29, 1.82) is 0 Å². The molecule has 0 radical (unpaired) electrons. The highest BCUT2D eigenvalue weighted by atomic mass is 35.5. The number of methoxy groups -OCH3 is 1. The molecular formula is C15H17Cl2N3O. The summed E-state index contributed by atoms with van der Waals surface area (Å²) in [5.41, 5.74) is 1.73. The molecular weight excluding hydrogens is 309 g/mol. The lowest BCUT2D eigenvalue weighted by Gasteiger charge is -2.18. The summed E-state index contributed by atoms with van der Waals surface area (Å²) in [5.74, 6) is 0.491. The second-order valence-corrected chi connectivity index (χ2v) is 5.33. The average Bonchev–Trinajstić information content (AvgIpc) is 2.50. The molecule has 1 heterocycles. The third kappa shape index (κ3) is 4.06. The highest BCUT2D eigenvalue weighted by molar-refractivity contribution is 6.36. The minimum Gasteiger partial charge on any atom is -0.480 e. The smallest absolute Gasteiger partial charge is 0.233 e. The Morgan fingerprint density at radius 1 is 1.14 bits per heavy atom. The van der Waals surface area contributed by atoms with E-state index in [9.17, 15) is 0 Å². The second-order valence-electron chi connectivity index (χ2n) is 4.52. The number of rotatable bonds is 6. The van der Waals surface area contributed by atoms with Crippen LogP contribution in [0.3, 0.4) is 0 Å².